The van der Waals surface area contributed by atoms with Crippen molar-refractivity contribution in [3.63, 3.8) is 0 Å². The maximum Gasteiger partial charge on any atom is 0.160 e. The lowest BCUT2D eigenvalue weighted by Crippen LogP contribution is -2.55. The summed E-state index contributed by atoms with van der Waals surface area (Å²) in [5.41, 5.74) is 5.85. The van der Waals surface area contributed by atoms with Crippen molar-refractivity contribution in [3.8, 4) is 0 Å². The number of ether oxygens (including phenoxy) is 4. The molecule has 37 heavy (non-hydrogen) atoms. The van der Waals surface area contributed by atoms with Crippen LogP contribution in [0.2, 0.25) is 0 Å². The highest BCUT2D eigenvalue weighted by Crippen LogP contribution is 2.41. The van der Waals surface area contributed by atoms with Crippen LogP contribution >= 0.6 is 0 Å². The van der Waals surface area contributed by atoms with E-state index in [0.29, 0.717) is 50.1 Å². The Morgan fingerprint density at radius 1 is 0.703 bits per heavy atom. The van der Waals surface area contributed by atoms with Crippen LogP contribution in [0.3, 0.4) is 0 Å². The Morgan fingerprint density at radius 3 is 1.41 bits per heavy atom. The summed E-state index contributed by atoms with van der Waals surface area (Å²) < 4.78 is 25.5. The van der Waals surface area contributed by atoms with Crippen molar-refractivity contribution >= 4 is 0 Å². The molecule has 1 spiro atoms. The van der Waals surface area contributed by atoms with E-state index in [0.717, 1.165) is 38.5 Å². The Hall–Kier alpha value is -1.20. The average Bonchev–Trinajstić information content (AvgIpc) is 2.85. The van der Waals surface area contributed by atoms with Crippen LogP contribution in [0.1, 0.15) is 92.9 Å². The van der Waals surface area contributed by atoms with E-state index < -0.39 is 0 Å². The molecule has 0 amide bonds. The first kappa shape index (κ1) is 28.8. The minimum atomic E-state index is -0.167. The molecule has 2 fully saturated rings. The zero-order chi connectivity index (χ0) is 26.4. The molecule has 2 saturated heterocycles. The van der Waals surface area contributed by atoms with Gasteiger partial charge in [0, 0.05) is 11.8 Å². The predicted molar refractivity (Wildman–Crippen MR) is 151 cm³/mol. The third-order valence-electron chi connectivity index (χ3n) is 8.94. The summed E-state index contributed by atoms with van der Waals surface area (Å²) >= 11 is 0. The summed E-state index contributed by atoms with van der Waals surface area (Å²) in [6, 6.07) is 0. The van der Waals surface area contributed by atoms with Crippen LogP contribution in [0.15, 0.2) is 46.6 Å². The monoisotopic (exact) mass is 512 g/mol. The van der Waals surface area contributed by atoms with Gasteiger partial charge in [0.2, 0.25) is 0 Å². The zero-order valence-electron chi connectivity index (χ0n) is 24.4. The van der Waals surface area contributed by atoms with E-state index in [2.05, 4.69) is 65.8 Å². The van der Waals surface area contributed by atoms with Crippen molar-refractivity contribution in [3.05, 3.63) is 46.6 Å². The highest BCUT2D eigenvalue weighted by Gasteiger charge is 2.46. The van der Waals surface area contributed by atoms with Gasteiger partial charge in [0.15, 0.2) is 12.6 Å². The highest BCUT2D eigenvalue weighted by molar-refractivity contribution is 5.12. The lowest BCUT2D eigenvalue weighted by atomic mass is 9.78. The molecule has 4 atom stereocenters. The molecule has 0 aromatic heterocycles. The second-order valence-corrected chi connectivity index (χ2v) is 13.0. The first-order chi connectivity index (χ1) is 17.7. The second-order valence-electron chi connectivity index (χ2n) is 13.0. The van der Waals surface area contributed by atoms with Crippen molar-refractivity contribution in [1.29, 1.82) is 0 Å². The Bertz CT molecular complexity index is 781. The van der Waals surface area contributed by atoms with Crippen molar-refractivity contribution in [1.82, 2.24) is 0 Å². The van der Waals surface area contributed by atoms with Crippen molar-refractivity contribution < 1.29 is 18.9 Å². The molecule has 0 N–H and O–H groups in total. The van der Waals surface area contributed by atoms with Gasteiger partial charge in [-0.2, -0.15) is 0 Å². The van der Waals surface area contributed by atoms with Crippen LogP contribution in [0.5, 0.6) is 0 Å². The van der Waals surface area contributed by atoms with Crippen LogP contribution in [0.25, 0.3) is 0 Å². The summed E-state index contributed by atoms with van der Waals surface area (Å²) in [6.07, 6.45) is 18.5. The number of hydrogen-bond acceptors (Lipinski definition) is 4. The molecule has 2 heterocycles. The van der Waals surface area contributed by atoms with Crippen molar-refractivity contribution in [2.45, 2.75) is 105 Å². The minimum absolute atomic E-state index is 0.109. The quantitative estimate of drug-likeness (QED) is 0.307. The van der Waals surface area contributed by atoms with Gasteiger partial charge < -0.3 is 18.9 Å². The fraction of sp³-hybridized carbons (Fsp3) is 0.758. The Morgan fingerprint density at radius 2 is 1.08 bits per heavy atom. The topological polar surface area (TPSA) is 36.9 Å². The molecule has 208 valence electrons. The standard InChI is InChI=1S/C33H52O4/c1-23(2)9-7-11-27-13-15-29(25(5)17-27)31-34-19-33(20-35-31)21-36-32(37-22-33)30-16-14-28(18-26(30)6)12-8-10-24(3)4/h9-10,13-14,25-26,29-32H,7-8,11-12,15-22H2,1-6H3/t25-,26+,29+,30-,31?,32?,33?. The van der Waals surface area contributed by atoms with Gasteiger partial charge >= 0.3 is 0 Å². The molecule has 0 aromatic carbocycles. The Labute approximate surface area is 226 Å². The summed E-state index contributed by atoms with van der Waals surface area (Å²) in [5, 5.41) is 0. The smallest absolute Gasteiger partial charge is 0.160 e. The van der Waals surface area contributed by atoms with Gasteiger partial charge in [-0.15, -0.1) is 0 Å². The summed E-state index contributed by atoms with van der Waals surface area (Å²) in [7, 11) is 0. The predicted octanol–water partition coefficient (Wildman–Crippen LogP) is 8.16. The maximum absolute atomic E-state index is 6.36. The van der Waals surface area contributed by atoms with E-state index >= 15 is 0 Å². The van der Waals surface area contributed by atoms with Gasteiger partial charge in [0.05, 0.1) is 31.8 Å². The molecule has 4 aliphatic rings. The van der Waals surface area contributed by atoms with Crippen LogP contribution in [0, 0.1) is 29.1 Å². The Balaban J connectivity index is 1.21. The van der Waals surface area contributed by atoms with Gasteiger partial charge in [-0.05, 0) is 90.9 Å². The van der Waals surface area contributed by atoms with Gasteiger partial charge in [-0.25, -0.2) is 0 Å². The molecule has 2 aliphatic carbocycles. The van der Waals surface area contributed by atoms with Crippen LogP contribution in [0.4, 0.5) is 0 Å². The lowest BCUT2D eigenvalue weighted by Gasteiger charge is -2.48. The van der Waals surface area contributed by atoms with Crippen molar-refractivity contribution in [2.24, 2.45) is 29.1 Å². The van der Waals surface area contributed by atoms with E-state index in [1.165, 1.54) is 24.0 Å². The molecule has 4 rings (SSSR count). The van der Waals surface area contributed by atoms with Gasteiger partial charge in [-0.1, -0.05) is 60.4 Å². The van der Waals surface area contributed by atoms with Crippen molar-refractivity contribution in [2.75, 3.05) is 26.4 Å². The van der Waals surface area contributed by atoms with Crippen LogP contribution < -0.4 is 0 Å². The molecular weight excluding hydrogens is 460 g/mol. The fourth-order valence-corrected chi connectivity index (χ4v) is 6.50. The zero-order valence-corrected chi connectivity index (χ0v) is 24.4. The SMILES string of the molecule is CC(C)=CCCC1=CC[C@H](C2OCC3(CO2)COC([C@@H]2CC=C(CCC=C(C)C)C[C@@H]2C)OC3)[C@H](C)C1. The van der Waals surface area contributed by atoms with Gasteiger partial charge in [-0.3, -0.25) is 0 Å². The van der Waals surface area contributed by atoms with E-state index in [9.17, 15) is 0 Å². The summed E-state index contributed by atoms with van der Waals surface area (Å²) in [4.78, 5) is 0. The molecule has 0 saturated carbocycles. The number of allylic oxidation sites excluding steroid dienone is 8. The van der Waals surface area contributed by atoms with Crippen LogP contribution in [-0.2, 0) is 18.9 Å². The number of hydrogen-bond donors (Lipinski definition) is 0. The van der Waals surface area contributed by atoms with E-state index in [-0.39, 0.29) is 18.0 Å². The summed E-state index contributed by atoms with van der Waals surface area (Å²) in [5.74, 6) is 2.04. The third-order valence-corrected chi connectivity index (χ3v) is 8.94. The largest absolute Gasteiger partial charge is 0.351 e. The molecule has 0 radical (unpaired) electrons. The molecule has 4 heteroatoms. The molecule has 2 aliphatic heterocycles. The van der Waals surface area contributed by atoms with E-state index in [1.807, 2.05) is 0 Å². The third kappa shape index (κ3) is 7.91. The van der Waals surface area contributed by atoms with E-state index in [1.54, 1.807) is 11.1 Å². The first-order valence-electron chi connectivity index (χ1n) is 14.8. The molecular formula is C33H52O4. The Kier molecular flexibility index (Phi) is 10.3. The van der Waals surface area contributed by atoms with E-state index in [4.69, 9.17) is 18.9 Å². The van der Waals surface area contributed by atoms with Gasteiger partial charge in [0.25, 0.3) is 0 Å². The van der Waals surface area contributed by atoms with Crippen LogP contribution in [-0.4, -0.2) is 39.0 Å². The normalized spacial score (nSPS) is 36.5. The minimum Gasteiger partial charge on any atom is -0.351 e. The van der Waals surface area contributed by atoms with Gasteiger partial charge in [0.1, 0.15) is 0 Å². The molecule has 0 bridgehead atoms. The first-order valence-corrected chi connectivity index (χ1v) is 14.8. The molecule has 0 aromatic rings. The summed E-state index contributed by atoms with van der Waals surface area (Å²) in [6.45, 7) is 16.1. The second kappa shape index (κ2) is 13.2. The average molecular weight is 513 g/mol. The molecule has 4 nitrogen and oxygen atoms in total. The fourth-order valence-electron chi connectivity index (χ4n) is 6.50. The maximum atomic E-state index is 6.36. The lowest BCUT2D eigenvalue weighted by molar-refractivity contribution is -0.323. The number of rotatable bonds is 8. The highest BCUT2D eigenvalue weighted by atomic mass is 16.7. The molecule has 0 unspecified atom stereocenters.